The Morgan fingerprint density at radius 1 is 1.10 bits per heavy atom. The highest BCUT2D eigenvalue weighted by molar-refractivity contribution is 6.06. The second-order valence-electron chi connectivity index (χ2n) is 7.14. The van der Waals surface area contributed by atoms with Crippen LogP contribution in [0.15, 0.2) is 60.7 Å². The van der Waals surface area contributed by atoms with Gasteiger partial charge < -0.3 is 20.1 Å². The molecule has 2 amide bonds. The van der Waals surface area contributed by atoms with Gasteiger partial charge in [0.05, 0.1) is 11.4 Å². The van der Waals surface area contributed by atoms with Crippen LogP contribution in [0.3, 0.4) is 0 Å². The van der Waals surface area contributed by atoms with Gasteiger partial charge in [0.15, 0.2) is 6.61 Å². The number of fused-ring (bicyclic) bond motifs is 2. The van der Waals surface area contributed by atoms with Crippen molar-refractivity contribution in [2.75, 3.05) is 16.8 Å². The molecule has 30 heavy (non-hydrogen) atoms. The van der Waals surface area contributed by atoms with Crippen molar-refractivity contribution < 1.29 is 24.2 Å². The zero-order valence-corrected chi connectivity index (χ0v) is 16.3. The van der Waals surface area contributed by atoms with Crippen LogP contribution in [0.2, 0.25) is 0 Å². The first-order valence-electron chi connectivity index (χ1n) is 9.54. The third-order valence-corrected chi connectivity index (χ3v) is 5.08. The van der Waals surface area contributed by atoms with Crippen molar-refractivity contribution in [1.29, 1.82) is 0 Å². The van der Waals surface area contributed by atoms with E-state index in [-0.39, 0.29) is 23.6 Å². The summed E-state index contributed by atoms with van der Waals surface area (Å²) in [7, 11) is 0. The lowest BCUT2D eigenvalue weighted by Crippen LogP contribution is -2.41. The van der Waals surface area contributed by atoms with Crippen LogP contribution in [0.4, 0.5) is 11.4 Å². The summed E-state index contributed by atoms with van der Waals surface area (Å²) in [6, 6.07) is 16.9. The molecule has 3 aromatic rings. The number of nitrogens with zero attached hydrogens (tertiary/aromatic N) is 1. The molecular weight excluding hydrogens is 384 g/mol. The highest BCUT2D eigenvalue weighted by Gasteiger charge is 2.30. The number of benzene rings is 3. The first-order chi connectivity index (χ1) is 14.5. The fourth-order valence-corrected chi connectivity index (χ4v) is 3.66. The molecule has 0 saturated carbocycles. The van der Waals surface area contributed by atoms with E-state index < -0.39 is 24.5 Å². The van der Waals surface area contributed by atoms with E-state index in [2.05, 4.69) is 5.32 Å². The first-order valence-corrected chi connectivity index (χ1v) is 9.54. The van der Waals surface area contributed by atoms with Gasteiger partial charge >= 0.3 is 5.97 Å². The number of ether oxygens (including phenoxy) is 1. The van der Waals surface area contributed by atoms with Crippen molar-refractivity contribution in [2.24, 2.45) is 0 Å². The normalized spacial score (nSPS) is 15.8. The van der Waals surface area contributed by atoms with Crippen molar-refractivity contribution in [2.45, 2.75) is 19.4 Å². The summed E-state index contributed by atoms with van der Waals surface area (Å²) in [6.45, 7) is 1.24. The highest BCUT2D eigenvalue weighted by Crippen LogP contribution is 2.32. The van der Waals surface area contributed by atoms with Crippen LogP contribution in [-0.2, 0) is 14.3 Å². The maximum absolute atomic E-state index is 12.9. The molecule has 4 rings (SSSR count). The maximum Gasteiger partial charge on any atom is 0.342 e. The van der Waals surface area contributed by atoms with Crippen LogP contribution in [0.1, 0.15) is 23.7 Å². The zero-order valence-electron chi connectivity index (χ0n) is 16.3. The second-order valence-corrected chi connectivity index (χ2v) is 7.14. The molecular formula is C23H20N2O5. The standard InChI is InChI=1S/C23H20N2O5/c1-14-12-20(26)24-18-8-4-5-9-19(18)25(14)21(27)13-30-23(29)17-11-10-15-6-2-3-7-16(15)22(17)28/h2-11,14,28H,12-13H2,1H3,(H,24,26)/t14-/m1/s1. The molecule has 1 atom stereocenters. The summed E-state index contributed by atoms with van der Waals surface area (Å²) >= 11 is 0. The number of amides is 2. The van der Waals surface area contributed by atoms with Gasteiger partial charge in [-0.2, -0.15) is 0 Å². The van der Waals surface area contributed by atoms with Gasteiger partial charge in [0, 0.05) is 17.8 Å². The lowest BCUT2D eigenvalue weighted by atomic mass is 10.1. The molecule has 0 unspecified atom stereocenters. The van der Waals surface area contributed by atoms with Gasteiger partial charge in [0.1, 0.15) is 11.3 Å². The lowest BCUT2D eigenvalue weighted by molar-refractivity contribution is -0.122. The molecule has 1 aliphatic rings. The predicted molar refractivity (Wildman–Crippen MR) is 113 cm³/mol. The number of rotatable bonds is 3. The smallest absolute Gasteiger partial charge is 0.342 e. The molecule has 0 spiro atoms. The number of phenols is 1. The summed E-state index contributed by atoms with van der Waals surface area (Å²) in [5.74, 6) is -1.63. The Labute approximate surface area is 172 Å². The van der Waals surface area contributed by atoms with E-state index >= 15 is 0 Å². The first kappa shape index (κ1) is 19.4. The van der Waals surface area contributed by atoms with Gasteiger partial charge in [-0.1, -0.05) is 42.5 Å². The molecule has 2 N–H and O–H groups in total. The topological polar surface area (TPSA) is 95.9 Å². The zero-order chi connectivity index (χ0) is 21.3. The van der Waals surface area contributed by atoms with E-state index in [1.165, 1.54) is 11.0 Å². The van der Waals surface area contributed by atoms with Crippen LogP contribution >= 0.6 is 0 Å². The minimum Gasteiger partial charge on any atom is -0.506 e. The molecule has 0 saturated heterocycles. The number of para-hydroxylation sites is 2. The number of hydrogen-bond acceptors (Lipinski definition) is 5. The van der Waals surface area contributed by atoms with Gasteiger partial charge in [0.25, 0.3) is 5.91 Å². The number of carbonyl (C=O) groups is 3. The van der Waals surface area contributed by atoms with Crippen molar-refractivity contribution in [3.63, 3.8) is 0 Å². The van der Waals surface area contributed by atoms with Crippen LogP contribution < -0.4 is 10.2 Å². The van der Waals surface area contributed by atoms with E-state index in [0.717, 1.165) is 5.39 Å². The van der Waals surface area contributed by atoms with Crippen molar-refractivity contribution in [3.8, 4) is 5.75 Å². The van der Waals surface area contributed by atoms with Gasteiger partial charge in [-0.15, -0.1) is 0 Å². The van der Waals surface area contributed by atoms with Gasteiger partial charge in [-0.05, 0) is 30.5 Å². The summed E-state index contributed by atoms with van der Waals surface area (Å²) in [6.07, 6.45) is 0.125. The van der Waals surface area contributed by atoms with E-state index in [9.17, 15) is 19.5 Å². The number of esters is 1. The van der Waals surface area contributed by atoms with Crippen molar-refractivity contribution >= 4 is 39.9 Å². The minimum absolute atomic E-state index is 0.0114. The van der Waals surface area contributed by atoms with Crippen LogP contribution in [-0.4, -0.2) is 35.5 Å². The fraction of sp³-hybridized carbons (Fsp3) is 0.174. The molecule has 0 radical (unpaired) electrons. The van der Waals surface area contributed by atoms with Crippen LogP contribution in [0.25, 0.3) is 10.8 Å². The molecule has 7 heteroatoms. The lowest BCUT2D eigenvalue weighted by Gasteiger charge is -2.27. The highest BCUT2D eigenvalue weighted by atomic mass is 16.5. The van der Waals surface area contributed by atoms with Crippen LogP contribution in [0, 0.1) is 0 Å². The van der Waals surface area contributed by atoms with E-state index in [0.29, 0.717) is 16.8 Å². The SMILES string of the molecule is C[C@@H]1CC(=O)Nc2ccccc2N1C(=O)COC(=O)c1ccc2ccccc2c1O. The summed E-state index contributed by atoms with van der Waals surface area (Å²) < 4.78 is 5.21. The number of phenolic OH excluding ortho intramolecular Hbond substituents is 1. The van der Waals surface area contributed by atoms with E-state index in [1.54, 1.807) is 49.4 Å². The van der Waals surface area contributed by atoms with Gasteiger partial charge in [-0.25, -0.2) is 4.79 Å². The van der Waals surface area contributed by atoms with E-state index in [1.807, 2.05) is 12.1 Å². The van der Waals surface area contributed by atoms with Crippen LogP contribution in [0.5, 0.6) is 5.75 Å². The third-order valence-electron chi connectivity index (χ3n) is 5.08. The van der Waals surface area contributed by atoms with Crippen molar-refractivity contribution in [3.05, 3.63) is 66.2 Å². The Balaban J connectivity index is 1.54. The minimum atomic E-state index is -0.795. The molecule has 152 valence electrons. The summed E-state index contributed by atoms with van der Waals surface area (Å²) in [5.41, 5.74) is 1.06. The Bertz CT molecular complexity index is 1160. The Hall–Kier alpha value is -3.87. The number of anilines is 2. The number of hydrogen-bond donors (Lipinski definition) is 2. The average Bonchev–Trinajstić information content (AvgIpc) is 2.86. The predicted octanol–water partition coefficient (Wildman–Crippen LogP) is 3.47. The maximum atomic E-state index is 12.9. The number of aromatic hydroxyl groups is 1. The number of carbonyl (C=O) groups excluding carboxylic acids is 3. The third kappa shape index (κ3) is 3.57. The van der Waals surface area contributed by atoms with Gasteiger partial charge in [0.2, 0.25) is 5.91 Å². The molecule has 0 bridgehead atoms. The van der Waals surface area contributed by atoms with E-state index in [4.69, 9.17) is 4.74 Å². The largest absolute Gasteiger partial charge is 0.506 e. The molecule has 3 aromatic carbocycles. The Morgan fingerprint density at radius 3 is 2.67 bits per heavy atom. The summed E-state index contributed by atoms with van der Waals surface area (Å²) in [4.78, 5) is 39.0. The molecule has 1 heterocycles. The second kappa shape index (κ2) is 7.87. The average molecular weight is 404 g/mol. The Morgan fingerprint density at radius 2 is 1.83 bits per heavy atom. The quantitative estimate of drug-likeness (QED) is 0.652. The molecule has 7 nitrogen and oxygen atoms in total. The monoisotopic (exact) mass is 404 g/mol. The summed E-state index contributed by atoms with van der Waals surface area (Å²) in [5, 5.41) is 14.5. The molecule has 0 aliphatic carbocycles. The number of nitrogens with one attached hydrogen (secondary N) is 1. The fourth-order valence-electron chi connectivity index (χ4n) is 3.66. The molecule has 0 aromatic heterocycles. The van der Waals surface area contributed by atoms with Crippen molar-refractivity contribution in [1.82, 2.24) is 0 Å². The molecule has 1 aliphatic heterocycles. The molecule has 0 fully saturated rings. The Kier molecular flexibility index (Phi) is 5.10. The van der Waals surface area contributed by atoms with Gasteiger partial charge in [-0.3, -0.25) is 9.59 Å².